The number of ether oxygens (including phenoxy) is 1. The van der Waals surface area contributed by atoms with Gasteiger partial charge in [-0.15, -0.1) is 0 Å². The summed E-state index contributed by atoms with van der Waals surface area (Å²) in [6, 6.07) is 4.95. The van der Waals surface area contributed by atoms with E-state index in [1.165, 1.54) is 22.3 Å². The van der Waals surface area contributed by atoms with E-state index in [9.17, 15) is 0 Å². The van der Waals surface area contributed by atoms with Gasteiger partial charge in [-0.3, -0.25) is 0 Å². The first kappa shape index (κ1) is 15.2. The molecule has 0 spiro atoms. The summed E-state index contributed by atoms with van der Waals surface area (Å²) < 4.78 is 5.56. The number of nitrogens with one attached hydrogen (secondary N) is 1. The molecule has 18 heavy (non-hydrogen) atoms. The van der Waals surface area contributed by atoms with E-state index in [4.69, 9.17) is 4.74 Å². The summed E-state index contributed by atoms with van der Waals surface area (Å²) >= 11 is 0. The maximum absolute atomic E-state index is 5.56. The molecule has 0 aliphatic rings. The van der Waals surface area contributed by atoms with Crippen molar-refractivity contribution in [1.29, 1.82) is 0 Å². The Balaban J connectivity index is 2.79. The highest BCUT2D eigenvalue weighted by Crippen LogP contribution is 2.18. The maximum Gasteiger partial charge on any atom is 0.0622 e. The van der Waals surface area contributed by atoms with E-state index < -0.39 is 0 Å². The van der Waals surface area contributed by atoms with Crippen LogP contribution in [0.4, 0.5) is 0 Å². The standard InChI is InChI=1S/C16H27NO/c1-6-17-15(11-18-7-2)10-16-13(4)8-12(3)9-14(16)5/h8-9,15,17H,6-7,10-11H2,1-5H3. The minimum absolute atomic E-state index is 0.412. The molecule has 1 aromatic rings. The van der Waals surface area contributed by atoms with Gasteiger partial charge in [0.1, 0.15) is 0 Å². The molecule has 0 aliphatic carbocycles. The lowest BCUT2D eigenvalue weighted by atomic mass is 9.94. The average molecular weight is 249 g/mol. The van der Waals surface area contributed by atoms with Gasteiger partial charge < -0.3 is 10.1 Å². The van der Waals surface area contributed by atoms with Gasteiger partial charge >= 0.3 is 0 Å². The average Bonchev–Trinajstić information content (AvgIpc) is 2.30. The fourth-order valence-corrected chi connectivity index (χ4v) is 2.52. The van der Waals surface area contributed by atoms with Crippen LogP contribution >= 0.6 is 0 Å². The van der Waals surface area contributed by atoms with Crippen molar-refractivity contribution in [2.24, 2.45) is 0 Å². The summed E-state index contributed by atoms with van der Waals surface area (Å²) in [6.07, 6.45) is 1.05. The highest BCUT2D eigenvalue weighted by molar-refractivity contribution is 5.38. The monoisotopic (exact) mass is 249 g/mol. The van der Waals surface area contributed by atoms with Crippen LogP contribution in [0.5, 0.6) is 0 Å². The van der Waals surface area contributed by atoms with Crippen molar-refractivity contribution in [2.75, 3.05) is 19.8 Å². The number of hydrogen-bond donors (Lipinski definition) is 1. The zero-order valence-corrected chi connectivity index (χ0v) is 12.5. The lowest BCUT2D eigenvalue weighted by Gasteiger charge is -2.20. The van der Waals surface area contributed by atoms with Gasteiger partial charge in [0.2, 0.25) is 0 Å². The van der Waals surface area contributed by atoms with Crippen LogP contribution in [0.3, 0.4) is 0 Å². The van der Waals surface area contributed by atoms with E-state index in [2.05, 4.69) is 45.1 Å². The molecule has 0 aliphatic heterocycles. The molecule has 0 saturated carbocycles. The Labute approximate surface area is 112 Å². The van der Waals surface area contributed by atoms with Crippen LogP contribution in [-0.2, 0) is 11.2 Å². The molecular weight excluding hydrogens is 222 g/mol. The molecule has 102 valence electrons. The second kappa shape index (κ2) is 7.55. The Hall–Kier alpha value is -0.860. The van der Waals surface area contributed by atoms with Gasteiger partial charge in [0.25, 0.3) is 0 Å². The van der Waals surface area contributed by atoms with Crippen molar-refractivity contribution in [3.63, 3.8) is 0 Å². The molecule has 1 aromatic carbocycles. The Bertz CT molecular complexity index is 350. The molecule has 0 heterocycles. The first-order valence-electron chi connectivity index (χ1n) is 6.96. The molecule has 1 unspecified atom stereocenters. The van der Waals surface area contributed by atoms with Gasteiger partial charge in [0, 0.05) is 12.6 Å². The normalized spacial score (nSPS) is 12.7. The Morgan fingerprint density at radius 1 is 1.11 bits per heavy atom. The van der Waals surface area contributed by atoms with Crippen molar-refractivity contribution >= 4 is 0 Å². The molecule has 0 aromatic heterocycles. The molecule has 1 atom stereocenters. The minimum atomic E-state index is 0.412. The van der Waals surface area contributed by atoms with E-state index in [-0.39, 0.29) is 0 Å². The van der Waals surface area contributed by atoms with Crippen molar-refractivity contribution in [3.05, 3.63) is 34.4 Å². The van der Waals surface area contributed by atoms with Crippen LogP contribution < -0.4 is 5.32 Å². The second-order valence-corrected chi connectivity index (χ2v) is 5.00. The molecule has 0 saturated heterocycles. The second-order valence-electron chi connectivity index (χ2n) is 5.00. The number of rotatable bonds is 7. The van der Waals surface area contributed by atoms with Gasteiger partial charge in [-0.1, -0.05) is 24.6 Å². The van der Waals surface area contributed by atoms with Crippen molar-refractivity contribution < 1.29 is 4.74 Å². The third kappa shape index (κ3) is 4.43. The first-order chi connectivity index (χ1) is 8.58. The van der Waals surface area contributed by atoms with Crippen LogP contribution in [0.1, 0.15) is 36.1 Å². The molecule has 2 heteroatoms. The van der Waals surface area contributed by atoms with Crippen molar-refractivity contribution in [1.82, 2.24) is 5.32 Å². The summed E-state index contributed by atoms with van der Waals surface area (Å²) in [5.74, 6) is 0. The zero-order chi connectivity index (χ0) is 13.5. The molecular formula is C16H27NO. The first-order valence-corrected chi connectivity index (χ1v) is 6.96. The van der Waals surface area contributed by atoms with Crippen LogP contribution in [-0.4, -0.2) is 25.8 Å². The summed E-state index contributed by atoms with van der Waals surface area (Å²) in [5, 5.41) is 3.51. The van der Waals surface area contributed by atoms with Gasteiger partial charge in [0.05, 0.1) is 6.61 Å². The van der Waals surface area contributed by atoms with Gasteiger partial charge in [-0.05, 0) is 57.4 Å². The predicted molar refractivity (Wildman–Crippen MR) is 78.3 cm³/mol. The van der Waals surface area contributed by atoms with Crippen LogP contribution in [0.15, 0.2) is 12.1 Å². The van der Waals surface area contributed by atoms with Crippen LogP contribution in [0.2, 0.25) is 0 Å². The SMILES string of the molecule is CCNC(COCC)Cc1c(C)cc(C)cc1C. The number of likely N-dealkylation sites (N-methyl/N-ethyl adjacent to an activating group) is 1. The molecule has 0 radical (unpaired) electrons. The summed E-state index contributed by atoms with van der Waals surface area (Å²) in [7, 11) is 0. The van der Waals surface area contributed by atoms with Crippen LogP contribution in [0.25, 0.3) is 0 Å². The van der Waals surface area contributed by atoms with Crippen molar-refractivity contribution in [3.8, 4) is 0 Å². The third-order valence-corrected chi connectivity index (χ3v) is 3.31. The number of benzene rings is 1. The Morgan fingerprint density at radius 3 is 2.22 bits per heavy atom. The number of hydrogen-bond acceptors (Lipinski definition) is 2. The lowest BCUT2D eigenvalue weighted by Crippen LogP contribution is -2.35. The summed E-state index contributed by atoms with van der Waals surface area (Å²) in [6.45, 7) is 13.3. The molecule has 2 nitrogen and oxygen atoms in total. The highest BCUT2D eigenvalue weighted by atomic mass is 16.5. The fourth-order valence-electron chi connectivity index (χ4n) is 2.52. The van der Waals surface area contributed by atoms with Crippen LogP contribution in [0, 0.1) is 20.8 Å². The summed E-state index contributed by atoms with van der Waals surface area (Å²) in [4.78, 5) is 0. The quantitative estimate of drug-likeness (QED) is 0.801. The van der Waals surface area contributed by atoms with E-state index in [1.807, 2.05) is 6.92 Å². The van der Waals surface area contributed by atoms with E-state index in [0.29, 0.717) is 6.04 Å². The Morgan fingerprint density at radius 2 is 1.72 bits per heavy atom. The summed E-state index contributed by atoms with van der Waals surface area (Å²) in [5.41, 5.74) is 5.60. The molecule has 0 fully saturated rings. The minimum Gasteiger partial charge on any atom is -0.380 e. The van der Waals surface area contributed by atoms with Gasteiger partial charge in [0.15, 0.2) is 0 Å². The highest BCUT2D eigenvalue weighted by Gasteiger charge is 2.12. The molecule has 1 rings (SSSR count). The Kier molecular flexibility index (Phi) is 6.37. The zero-order valence-electron chi connectivity index (χ0n) is 12.5. The smallest absolute Gasteiger partial charge is 0.0622 e. The largest absolute Gasteiger partial charge is 0.380 e. The number of aryl methyl sites for hydroxylation is 3. The van der Waals surface area contributed by atoms with E-state index >= 15 is 0 Å². The van der Waals surface area contributed by atoms with Gasteiger partial charge in [-0.25, -0.2) is 0 Å². The third-order valence-electron chi connectivity index (χ3n) is 3.31. The fraction of sp³-hybridized carbons (Fsp3) is 0.625. The van der Waals surface area contributed by atoms with E-state index in [1.54, 1.807) is 0 Å². The topological polar surface area (TPSA) is 21.3 Å². The molecule has 0 amide bonds. The lowest BCUT2D eigenvalue weighted by molar-refractivity contribution is 0.123. The van der Waals surface area contributed by atoms with Crippen molar-refractivity contribution in [2.45, 2.75) is 47.1 Å². The predicted octanol–water partition coefficient (Wildman–Crippen LogP) is 3.17. The van der Waals surface area contributed by atoms with E-state index in [0.717, 1.165) is 26.2 Å². The maximum atomic E-state index is 5.56. The molecule has 1 N–H and O–H groups in total. The van der Waals surface area contributed by atoms with Gasteiger partial charge in [-0.2, -0.15) is 0 Å². The molecule has 0 bridgehead atoms.